The molecule has 1 aliphatic carbocycles. The first-order valence-corrected chi connectivity index (χ1v) is 8.89. The number of aryl methyl sites for hydroxylation is 2. The van der Waals surface area contributed by atoms with Crippen molar-refractivity contribution in [2.75, 3.05) is 6.54 Å². The Balaban J connectivity index is 1.90. The van der Waals surface area contributed by atoms with E-state index >= 15 is 0 Å². The van der Waals surface area contributed by atoms with Crippen molar-refractivity contribution in [3.05, 3.63) is 35.4 Å². The van der Waals surface area contributed by atoms with Crippen LogP contribution in [-0.4, -0.2) is 12.6 Å². The molecule has 1 aromatic rings. The highest BCUT2D eigenvalue weighted by Crippen LogP contribution is 2.42. The molecule has 118 valence electrons. The molecule has 0 unspecified atom stereocenters. The van der Waals surface area contributed by atoms with Gasteiger partial charge in [-0.25, -0.2) is 0 Å². The van der Waals surface area contributed by atoms with E-state index in [4.69, 9.17) is 0 Å². The summed E-state index contributed by atoms with van der Waals surface area (Å²) in [5, 5.41) is 3.62. The minimum atomic E-state index is 0.602. The molecule has 1 aliphatic rings. The maximum Gasteiger partial charge on any atom is 0.00103 e. The van der Waals surface area contributed by atoms with Gasteiger partial charge in [0.25, 0.3) is 0 Å². The van der Waals surface area contributed by atoms with Gasteiger partial charge in [0.2, 0.25) is 0 Å². The zero-order valence-electron chi connectivity index (χ0n) is 14.3. The topological polar surface area (TPSA) is 12.0 Å². The van der Waals surface area contributed by atoms with Crippen LogP contribution in [0.2, 0.25) is 0 Å². The van der Waals surface area contributed by atoms with E-state index in [0.29, 0.717) is 11.5 Å². The smallest absolute Gasteiger partial charge is 0.00103 e. The largest absolute Gasteiger partial charge is 0.315 e. The lowest BCUT2D eigenvalue weighted by molar-refractivity contribution is 0.155. The van der Waals surface area contributed by atoms with Gasteiger partial charge in [0.05, 0.1) is 0 Å². The summed E-state index contributed by atoms with van der Waals surface area (Å²) in [5.74, 6) is 0. The fourth-order valence-corrected chi connectivity index (χ4v) is 3.72. The summed E-state index contributed by atoms with van der Waals surface area (Å²) in [7, 11) is 0. The summed E-state index contributed by atoms with van der Waals surface area (Å²) < 4.78 is 0. The van der Waals surface area contributed by atoms with E-state index in [2.05, 4.69) is 50.4 Å². The Morgan fingerprint density at radius 1 is 1.00 bits per heavy atom. The van der Waals surface area contributed by atoms with Gasteiger partial charge in [0, 0.05) is 6.04 Å². The van der Waals surface area contributed by atoms with Crippen LogP contribution in [0.4, 0.5) is 0 Å². The van der Waals surface area contributed by atoms with Gasteiger partial charge >= 0.3 is 0 Å². The Morgan fingerprint density at radius 2 is 1.67 bits per heavy atom. The molecule has 2 rings (SSSR count). The first-order chi connectivity index (χ1) is 10.1. The summed E-state index contributed by atoms with van der Waals surface area (Å²) in [6.07, 6.45) is 11.2. The molecule has 1 aromatic carbocycles. The molecule has 0 aromatic heterocycles. The van der Waals surface area contributed by atoms with Crippen molar-refractivity contribution < 1.29 is 0 Å². The highest BCUT2D eigenvalue weighted by Gasteiger charge is 2.31. The number of nitrogens with one attached hydrogen (secondary N) is 1. The molecule has 1 nitrogen and oxygen atoms in total. The quantitative estimate of drug-likeness (QED) is 0.720. The molecular weight excluding hydrogens is 254 g/mol. The molecule has 0 aliphatic heterocycles. The molecule has 0 saturated heterocycles. The van der Waals surface area contributed by atoms with Crippen molar-refractivity contribution in [2.45, 2.75) is 78.2 Å². The zero-order chi connectivity index (χ0) is 15.1. The molecule has 1 heteroatoms. The molecule has 0 amide bonds. The molecule has 0 bridgehead atoms. The van der Waals surface area contributed by atoms with Crippen LogP contribution in [0.15, 0.2) is 24.3 Å². The molecule has 0 heterocycles. The van der Waals surface area contributed by atoms with Gasteiger partial charge in [-0.2, -0.15) is 0 Å². The van der Waals surface area contributed by atoms with Crippen molar-refractivity contribution in [1.29, 1.82) is 0 Å². The fourth-order valence-electron chi connectivity index (χ4n) is 3.72. The summed E-state index contributed by atoms with van der Waals surface area (Å²) in [6, 6.07) is 9.76. The first-order valence-electron chi connectivity index (χ1n) is 8.89. The van der Waals surface area contributed by atoms with Gasteiger partial charge in [-0.3, -0.25) is 0 Å². The van der Waals surface area contributed by atoms with Crippen LogP contribution in [0, 0.1) is 12.3 Å². The minimum absolute atomic E-state index is 0.602. The summed E-state index contributed by atoms with van der Waals surface area (Å²) in [6.45, 7) is 7.86. The predicted octanol–water partition coefficient (Wildman–Crippen LogP) is 5.27. The van der Waals surface area contributed by atoms with Crippen LogP contribution in [0.1, 0.15) is 69.9 Å². The van der Waals surface area contributed by atoms with Gasteiger partial charge in [0.15, 0.2) is 0 Å². The normalized spacial score (nSPS) is 18.1. The molecule has 1 saturated carbocycles. The maximum absolute atomic E-state index is 3.62. The third-order valence-corrected chi connectivity index (χ3v) is 5.19. The Kier molecular flexibility index (Phi) is 6.29. The number of benzene rings is 1. The van der Waals surface area contributed by atoms with Crippen LogP contribution in [0.5, 0.6) is 0 Å². The maximum atomic E-state index is 3.62. The Hall–Kier alpha value is -0.820. The minimum Gasteiger partial charge on any atom is -0.315 e. The van der Waals surface area contributed by atoms with E-state index in [1.54, 1.807) is 0 Å². The van der Waals surface area contributed by atoms with Gasteiger partial charge < -0.3 is 5.32 Å². The van der Waals surface area contributed by atoms with Gasteiger partial charge in [-0.1, -0.05) is 62.9 Å². The Bertz CT molecular complexity index is 398. The Morgan fingerprint density at radius 3 is 2.29 bits per heavy atom. The second kappa shape index (κ2) is 7.98. The highest BCUT2D eigenvalue weighted by molar-refractivity contribution is 5.21. The van der Waals surface area contributed by atoms with Gasteiger partial charge in [-0.15, -0.1) is 0 Å². The molecule has 0 spiro atoms. The zero-order valence-corrected chi connectivity index (χ0v) is 14.3. The standard InChI is InChI=1S/C20H33N/c1-17(2)21-16-15-20(12-5-4-6-13-20)14-11-19-9-7-18(3)8-10-19/h7-10,17,21H,4-6,11-16H2,1-3H3. The SMILES string of the molecule is Cc1ccc(CCC2(CCNC(C)C)CCCCC2)cc1. The third kappa shape index (κ3) is 5.47. The van der Waals surface area contributed by atoms with Crippen LogP contribution in [-0.2, 0) is 6.42 Å². The Labute approximate surface area is 131 Å². The first kappa shape index (κ1) is 16.5. The molecule has 21 heavy (non-hydrogen) atoms. The van der Waals surface area contributed by atoms with E-state index in [0.717, 1.165) is 0 Å². The average molecular weight is 287 g/mol. The monoisotopic (exact) mass is 287 g/mol. The third-order valence-electron chi connectivity index (χ3n) is 5.19. The van der Waals surface area contributed by atoms with E-state index in [-0.39, 0.29) is 0 Å². The van der Waals surface area contributed by atoms with Crippen LogP contribution in [0.25, 0.3) is 0 Å². The molecule has 1 fully saturated rings. The summed E-state index contributed by atoms with van der Waals surface area (Å²) >= 11 is 0. The van der Waals surface area contributed by atoms with E-state index < -0.39 is 0 Å². The van der Waals surface area contributed by atoms with E-state index in [1.807, 2.05) is 0 Å². The number of hydrogen-bond acceptors (Lipinski definition) is 1. The number of rotatable bonds is 7. The fraction of sp³-hybridized carbons (Fsp3) is 0.700. The molecular formula is C20H33N. The van der Waals surface area contributed by atoms with Crippen molar-refractivity contribution >= 4 is 0 Å². The summed E-state index contributed by atoms with van der Waals surface area (Å²) in [4.78, 5) is 0. The van der Waals surface area contributed by atoms with E-state index in [1.165, 1.54) is 69.0 Å². The van der Waals surface area contributed by atoms with Crippen molar-refractivity contribution in [3.8, 4) is 0 Å². The molecule has 1 N–H and O–H groups in total. The van der Waals surface area contributed by atoms with Gasteiger partial charge in [0.1, 0.15) is 0 Å². The lowest BCUT2D eigenvalue weighted by atomic mass is 9.68. The second-order valence-corrected chi connectivity index (χ2v) is 7.41. The van der Waals surface area contributed by atoms with Crippen molar-refractivity contribution in [1.82, 2.24) is 5.32 Å². The number of hydrogen-bond donors (Lipinski definition) is 1. The van der Waals surface area contributed by atoms with Crippen molar-refractivity contribution in [2.24, 2.45) is 5.41 Å². The average Bonchev–Trinajstić information content (AvgIpc) is 2.47. The van der Waals surface area contributed by atoms with E-state index in [9.17, 15) is 0 Å². The summed E-state index contributed by atoms with van der Waals surface area (Å²) in [5.41, 5.74) is 3.49. The highest BCUT2D eigenvalue weighted by atomic mass is 14.9. The lowest BCUT2D eigenvalue weighted by Crippen LogP contribution is -2.32. The lowest BCUT2D eigenvalue weighted by Gasteiger charge is -2.38. The molecule has 0 radical (unpaired) electrons. The van der Waals surface area contributed by atoms with Gasteiger partial charge in [-0.05, 0) is 56.6 Å². The predicted molar refractivity (Wildman–Crippen MR) is 92.8 cm³/mol. The van der Waals surface area contributed by atoms with Crippen molar-refractivity contribution in [3.63, 3.8) is 0 Å². The van der Waals surface area contributed by atoms with Crippen LogP contribution in [0.3, 0.4) is 0 Å². The van der Waals surface area contributed by atoms with Crippen LogP contribution < -0.4 is 5.32 Å². The molecule has 0 atom stereocenters. The second-order valence-electron chi connectivity index (χ2n) is 7.41. The van der Waals surface area contributed by atoms with Crippen LogP contribution >= 0.6 is 0 Å².